The summed E-state index contributed by atoms with van der Waals surface area (Å²) in [7, 11) is 2.24. The number of likely N-dealkylation sites (N-methyl/N-ethyl adjacent to an activating group) is 1. The normalized spacial score (nSPS) is 36.2. The number of nitrogens with one attached hydrogen (secondary N) is 1. The van der Waals surface area contributed by atoms with Crippen LogP contribution < -0.4 is 5.32 Å². The minimum absolute atomic E-state index is 0.699. The molecule has 1 N–H and O–H groups in total. The van der Waals surface area contributed by atoms with Crippen molar-refractivity contribution in [2.75, 3.05) is 20.1 Å². The van der Waals surface area contributed by atoms with E-state index in [0.29, 0.717) is 5.41 Å². The lowest BCUT2D eigenvalue weighted by Crippen LogP contribution is -2.35. The van der Waals surface area contributed by atoms with Gasteiger partial charge in [-0.1, -0.05) is 6.92 Å². The fourth-order valence-electron chi connectivity index (χ4n) is 2.53. The van der Waals surface area contributed by atoms with Crippen molar-refractivity contribution in [3.05, 3.63) is 0 Å². The van der Waals surface area contributed by atoms with Gasteiger partial charge in [0.25, 0.3) is 0 Å². The number of hydrogen-bond donors (Lipinski definition) is 1. The molecule has 0 aromatic heterocycles. The quantitative estimate of drug-likeness (QED) is 0.738. The summed E-state index contributed by atoms with van der Waals surface area (Å²) in [6, 6.07) is 1.52. The van der Waals surface area contributed by atoms with Crippen LogP contribution in [0.15, 0.2) is 0 Å². The Labute approximate surface area is 88.1 Å². The minimum atomic E-state index is 0.699. The predicted molar refractivity (Wildman–Crippen MR) is 60.5 cm³/mol. The lowest BCUT2D eigenvalue weighted by atomic mass is 10.0. The van der Waals surface area contributed by atoms with E-state index in [2.05, 4.69) is 31.1 Å². The van der Waals surface area contributed by atoms with Crippen LogP contribution in [0.3, 0.4) is 0 Å². The zero-order chi connectivity index (χ0) is 10.2. The lowest BCUT2D eigenvalue weighted by Gasteiger charge is -2.18. The summed E-state index contributed by atoms with van der Waals surface area (Å²) in [5.41, 5.74) is 0.699. The highest BCUT2D eigenvalue weighted by atomic mass is 15.2. The van der Waals surface area contributed by atoms with Crippen LogP contribution in [-0.2, 0) is 0 Å². The van der Waals surface area contributed by atoms with Gasteiger partial charge in [-0.3, -0.25) is 0 Å². The Kier molecular flexibility index (Phi) is 2.85. The summed E-state index contributed by atoms with van der Waals surface area (Å²) >= 11 is 0. The summed E-state index contributed by atoms with van der Waals surface area (Å²) in [6.07, 6.45) is 5.59. The SMILES string of the molecule is CCC1(CNC2CC(C)N(C)C2)CC1. The first kappa shape index (κ1) is 10.4. The smallest absolute Gasteiger partial charge is 0.0210 e. The van der Waals surface area contributed by atoms with Crippen LogP contribution >= 0.6 is 0 Å². The summed E-state index contributed by atoms with van der Waals surface area (Å²) in [4.78, 5) is 2.46. The second-order valence-electron chi connectivity index (χ2n) is 5.46. The van der Waals surface area contributed by atoms with E-state index in [1.807, 2.05) is 0 Å². The standard InChI is InChI=1S/C12H24N2/c1-4-12(5-6-12)9-13-11-7-10(2)14(3)8-11/h10-11,13H,4-9H2,1-3H3. The zero-order valence-corrected chi connectivity index (χ0v) is 9.84. The van der Waals surface area contributed by atoms with Gasteiger partial charge in [0.1, 0.15) is 0 Å². The van der Waals surface area contributed by atoms with E-state index in [1.165, 1.54) is 38.8 Å². The Balaban J connectivity index is 1.72. The lowest BCUT2D eigenvalue weighted by molar-refractivity contribution is 0.324. The maximum absolute atomic E-state index is 3.75. The Hall–Kier alpha value is -0.0800. The second kappa shape index (κ2) is 3.82. The molecule has 2 atom stereocenters. The topological polar surface area (TPSA) is 15.3 Å². The average Bonchev–Trinajstić information content (AvgIpc) is 2.88. The van der Waals surface area contributed by atoms with E-state index < -0.39 is 0 Å². The van der Waals surface area contributed by atoms with Gasteiger partial charge in [-0.2, -0.15) is 0 Å². The van der Waals surface area contributed by atoms with Crippen molar-refractivity contribution < 1.29 is 0 Å². The first-order valence-corrected chi connectivity index (χ1v) is 6.09. The highest BCUT2D eigenvalue weighted by Gasteiger charge is 2.41. The summed E-state index contributed by atoms with van der Waals surface area (Å²) in [5.74, 6) is 0. The maximum atomic E-state index is 3.75. The van der Waals surface area contributed by atoms with E-state index in [4.69, 9.17) is 0 Å². The van der Waals surface area contributed by atoms with Crippen molar-refractivity contribution in [3.63, 3.8) is 0 Å². The highest BCUT2D eigenvalue weighted by Crippen LogP contribution is 2.48. The Morgan fingerprint density at radius 1 is 1.43 bits per heavy atom. The molecule has 0 spiro atoms. The van der Waals surface area contributed by atoms with Crippen LogP contribution in [0, 0.1) is 5.41 Å². The van der Waals surface area contributed by atoms with Gasteiger partial charge in [0.15, 0.2) is 0 Å². The van der Waals surface area contributed by atoms with Crippen LogP contribution in [-0.4, -0.2) is 37.1 Å². The van der Waals surface area contributed by atoms with Gasteiger partial charge in [-0.25, -0.2) is 0 Å². The fraction of sp³-hybridized carbons (Fsp3) is 1.00. The first-order valence-electron chi connectivity index (χ1n) is 6.09. The van der Waals surface area contributed by atoms with Gasteiger partial charge < -0.3 is 10.2 Å². The highest BCUT2D eigenvalue weighted by molar-refractivity contribution is 4.95. The first-order chi connectivity index (χ1) is 6.65. The molecule has 82 valence electrons. The number of nitrogens with zero attached hydrogens (tertiary/aromatic N) is 1. The van der Waals surface area contributed by atoms with Crippen molar-refractivity contribution in [2.45, 2.75) is 51.6 Å². The van der Waals surface area contributed by atoms with Gasteiger partial charge in [0.2, 0.25) is 0 Å². The molecule has 2 nitrogen and oxygen atoms in total. The summed E-state index contributed by atoms with van der Waals surface area (Å²) in [5, 5.41) is 3.75. The third-order valence-electron chi connectivity index (χ3n) is 4.36. The Morgan fingerprint density at radius 3 is 2.57 bits per heavy atom. The third kappa shape index (κ3) is 2.12. The van der Waals surface area contributed by atoms with Gasteiger partial charge in [0.05, 0.1) is 0 Å². The molecule has 1 heterocycles. The molecule has 1 aliphatic heterocycles. The Morgan fingerprint density at radius 2 is 2.14 bits per heavy atom. The van der Waals surface area contributed by atoms with Crippen LogP contribution in [0.1, 0.15) is 39.5 Å². The molecule has 2 unspecified atom stereocenters. The van der Waals surface area contributed by atoms with Gasteiger partial charge in [-0.15, -0.1) is 0 Å². The van der Waals surface area contributed by atoms with Crippen LogP contribution in [0.25, 0.3) is 0 Å². The van der Waals surface area contributed by atoms with Crippen LogP contribution in [0.5, 0.6) is 0 Å². The maximum Gasteiger partial charge on any atom is 0.0210 e. The molecule has 1 saturated heterocycles. The average molecular weight is 196 g/mol. The van der Waals surface area contributed by atoms with Crippen molar-refractivity contribution >= 4 is 0 Å². The molecule has 0 amide bonds. The van der Waals surface area contributed by atoms with Crippen molar-refractivity contribution in [2.24, 2.45) is 5.41 Å². The summed E-state index contributed by atoms with van der Waals surface area (Å²) in [6.45, 7) is 7.15. The molecule has 0 aromatic carbocycles. The van der Waals surface area contributed by atoms with E-state index in [9.17, 15) is 0 Å². The molecule has 0 aromatic rings. The van der Waals surface area contributed by atoms with Gasteiger partial charge in [-0.05, 0) is 45.1 Å². The molecular weight excluding hydrogens is 172 g/mol. The minimum Gasteiger partial charge on any atom is -0.312 e. The molecule has 2 fully saturated rings. The van der Waals surface area contributed by atoms with E-state index >= 15 is 0 Å². The number of likely N-dealkylation sites (tertiary alicyclic amines) is 1. The molecule has 1 aliphatic carbocycles. The molecule has 14 heavy (non-hydrogen) atoms. The summed E-state index contributed by atoms with van der Waals surface area (Å²) < 4.78 is 0. The van der Waals surface area contributed by atoms with Gasteiger partial charge >= 0.3 is 0 Å². The molecular formula is C12H24N2. The van der Waals surface area contributed by atoms with E-state index in [1.54, 1.807) is 0 Å². The molecule has 0 radical (unpaired) electrons. The van der Waals surface area contributed by atoms with Crippen molar-refractivity contribution in [1.82, 2.24) is 10.2 Å². The molecule has 0 bridgehead atoms. The number of rotatable bonds is 4. The zero-order valence-electron chi connectivity index (χ0n) is 9.84. The molecule has 2 aliphatic rings. The second-order valence-corrected chi connectivity index (χ2v) is 5.46. The number of hydrogen-bond acceptors (Lipinski definition) is 2. The van der Waals surface area contributed by atoms with Crippen LogP contribution in [0.4, 0.5) is 0 Å². The van der Waals surface area contributed by atoms with E-state index in [-0.39, 0.29) is 0 Å². The van der Waals surface area contributed by atoms with E-state index in [0.717, 1.165) is 12.1 Å². The fourth-order valence-corrected chi connectivity index (χ4v) is 2.53. The van der Waals surface area contributed by atoms with Crippen molar-refractivity contribution in [3.8, 4) is 0 Å². The van der Waals surface area contributed by atoms with Crippen LogP contribution in [0.2, 0.25) is 0 Å². The van der Waals surface area contributed by atoms with Crippen molar-refractivity contribution in [1.29, 1.82) is 0 Å². The molecule has 2 rings (SSSR count). The third-order valence-corrected chi connectivity index (χ3v) is 4.36. The largest absolute Gasteiger partial charge is 0.312 e. The predicted octanol–water partition coefficient (Wildman–Crippen LogP) is 1.86. The molecule has 1 saturated carbocycles. The molecule has 2 heteroatoms. The van der Waals surface area contributed by atoms with Gasteiger partial charge in [0, 0.05) is 25.2 Å². The Bertz CT molecular complexity index is 188. The monoisotopic (exact) mass is 196 g/mol.